The second kappa shape index (κ2) is 4.33. The van der Waals surface area contributed by atoms with E-state index in [0.717, 1.165) is 0 Å². The molecule has 0 aliphatic heterocycles. The topological polar surface area (TPSA) is 46.5 Å². The van der Waals surface area contributed by atoms with Gasteiger partial charge in [0.2, 0.25) is 0 Å². The molecule has 1 N–H and O–H groups in total. The average molecular weight is 215 g/mol. The molecule has 0 spiro atoms. The Morgan fingerprint density at radius 3 is 2.71 bits per heavy atom. The molecule has 3 nitrogen and oxygen atoms in total. The zero-order valence-corrected chi connectivity index (χ0v) is 8.71. The third-order valence-electron chi connectivity index (χ3n) is 1.87. The maximum atomic E-state index is 11.1. The van der Waals surface area contributed by atoms with E-state index in [4.69, 9.17) is 16.3 Å². The lowest BCUT2D eigenvalue weighted by molar-refractivity contribution is -0.116. The van der Waals surface area contributed by atoms with Crippen molar-refractivity contribution in [2.75, 3.05) is 7.11 Å². The predicted octanol–water partition coefficient (Wildman–Crippen LogP) is 2.27. The van der Waals surface area contributed by atoms with E-state index < -0.39 is 5.38 Å². The van der Waals surface area contributed by atoms with Gasteiger partial charge in [-0.05, 0) is 19.1 Å². The number of rotatable bonds is 3. The van der Waals surface area contributed by atoms with Crippen LogP contribution < -0.4 is 4.74 Å². The summed E-state index contributed by atoms with van der Waals surface area (Å²) in [6, 6.07) is 4.74. The molecule has 1 aromatic rings. The fraction of sp³-hybridized carbons (Fsp3) is 0.300. The van der Waals surface area contributed by atoms with E-state index in [9.17, 15) is 9.90 Å². The molecule has 0 amide bonds. The van der Waals surface area contributed by atoms with Crippen LogP contribution in [0.4, 0.5) is 0 Å². The van der Waals surface area contributed by atoms with Gasteiger partial charge in [0.25, 0.3) is 0 Å². The summed E-state index contributed by atoms with van der Waals surface area (Å²) in [5, 5.41) is 8.66. The normalized spacial score (nSPS) is 12.2. The van der Waals surface area contributed by atoms with Crippen LogP contribution in [0.25, 0.3) is 0 Å². The molecular weight excluding hydrogens is 204 g/mol. The van der Waals surface area contributed by atoms with Crippen LogP contribution in [0.5, 0.6) is 11.5 Å². The molecule has 0 aliphatic carbocycles. The number of methoxy groups -OCH3 is 1. The Morgan fingerprint density at radius 2 is 2.21 bits per heavy atom. The van der Waals surface area contributed by atoms with Gasteiger partial charge in [0, 0.05) is 0 Å². The smallest absolute Gasteiger partial charge is 0.152 e. The van der Waals surface area contributed by atoms with Crippen molar-refractivity contribution in [1.82, 2.24) is 0 Å². The second-order valence-electron chi connectivity index (χ2n) is 2.87. The first-order chi connectivity index (χ1) is 6.57. The fourth-order valence-electron chi connectivity index (χ4n) is 1.17. The highest BCUT2D eigenvalue weighted by Crippen LogP contribution is 2.36. The summed E-state index contributed by atoms with van der Waals surface area (Å²) < 4.78 is 5.00. The van der Waals surface area contributed by atoms with Crippen molar-refractivity contribution < 1.29 is 14.6 Å². The number of halogens is 1. The monoisotopic (exact) mass is 214 g/mol. The van der Waals surface area contributed by atoms with Gasteiger partial charge >= 0.3 is 0 Å². The number of phenols is 1. The van der Waals surface area contributed by atoms with Gasteiger partial charge in [-0.1, -0.05) is 6.07 Å². The number of ether oxygens (including phenoxy) is 1. The highest BCUT2D eigenvalue weighted by molar-refractivity contribution is 6.31. The maximum Gasteiger partial charge on any atom is 0.152 e. The van der Waals surface area contributed by atoms with Gasteiger partial charge in [0.1, 0.15) is 16.9 Å². The van der Waals surface area contributed by atoms with Gasteiger partial charge in [-0.15, -0.1) is 11.6 Å². The Labute approximate surface area is 87.3 Å². The maximum absolute atomic E-state index is 11.1. The van der Waals surface area contributed by atoms with Gasteiger partial charge in [0.15, 0.2) is 5.78 Å². The van der Waals surface area contributed by atoms with E-state index in [1.807, 2.05) is 0 Å². The summed E-state index contributed by atoms with van der Waals surface area (Å²) in [7, 11) is 1.46. The minimum Gasteiger partial charge on any atom is -0.507 e. The quantitative estimate of drug-likeness (QED) is 0.786. The highest BCUT2D eigenvalue weighted by Gasteiger charge is 2.21. The van der Waals surface area contributed by atoms with Crippen LogP contribution in [0.2, 0.25) is 0 Å². The van der Waals surface area contributed by atoms with E-state index >= 15 is 0 Å². The number of phenolic OH excluding ortho intramolecular Hbond substituents is 1. The minimum absolute atomic E-state index is 0.0282. The number of carbonyl (C=O) groups is 1. The zero-order chi connectivity index (χ0) is 10.7. The van der Waals surface area contributed by atoms with E-state index in [1.165, 1.54) is 20.1 Å². The molecular formula is C10H11ClO3. The third-order valence-corrected chi connectivity index (χ3v) is 2.40. The average Bonchev–Trinajstić information content (AvgIpc) is 2.16. The Bertz CT molecular complexity index is 349. The minimum atomic E-state index is -0.869. The first kappa shape index (κ1) is 10.9. The fourth-order valence-corrected chi connectivity index (χ4v) is 1.39. The molecule has 1 aromatic carbocycles. The van der Waals surface area contributed by atoms with Crippen molar-refractivity contribution in [2.45, 2.75) is 12.3 Å². The van der Waals surface area contributed by atoms with E-state index in [1.54, 1.807) is 12.1 Å². The van der Waals surface area contributed by atoms with Crippen molar-refractivity contribution in [3.63, 3.8) is 0 Å². The van der Waals surface area contributed by atoms with Crippen molar-refractivity contribution in [3.8, 4) is 11.5 Å². The van der Waals surface area contributed by atoms with E-state index in [2.05, 4.69) is 0 Å². The summed E-state index contributed by atoms with van der Waals surface area (Å²) >= 11 is 5.84. The Balaban J connectivity index is 3.23. The molecule has 0 bridgehead atoms. The summed E-state index contributed by atoms with van der Waals surface area (Å²) in [5.74, 6) is 0.159. The van der Waals surface area contributed by atoms with Crippen molar-refractivity contribution in [3.05, 3.63) is 23.8 Å². The first-order valence-corrected chi connectivity index (χ1v) is 4.52. The SMILES string of the molecule is COc1cccc(O)c1C(Cl)C(C)=O. The lowest BCUT2D eigenvalue weighted by Crippen LogP contribution is -2.04. The molecule has 0 heterocycles. The largest absolute Gasteiger partial charge is 0.507 e. The lowest BCUT2D eigenvalue weighted by atomic mass is 10.1. The van der Waals surface area contributed by atoms with Crippen LogP contribution >= 0.6 is 11.6 Å². The Kier molecular flexibility index (Phi) is 3.36. The number of Topliss-reactive ketones (excluding diaryl/α,β-unsaturated/α-hetero) is 1. The molecule has 0 saturated heterocycles. The number of hydrogen-bond donors (Lipinski definition) is 1. The molecule has 1 atom stereocenters. The van der Waals surface area contributed by atoms with Crippen LogP contribution in [0.15, 0.2) is 18.2 Å². The highest BCUT2D eigenvalue weighted by atomic mass is 35.5. The molecule has 0 radical (unpaired) electrons. The van der Waals surface area contributed by atoms with E-state index in [-0.39, 0.29) is 11.5 Å². The number of alkyl halides is 1. The van der Waals surface area contributed by atoms with Gasteiger partial charge in [-0.2, -0.15) is 0 Å². The van der Waals surface area contributed by atoms with Crippen LogP contribution in [0.3, 0.4) is 0 Å². The molecule has 1 unspecified atom stereocenters. The van der Waals surface area contributed by atoms with Gasteiger partial charge in [-0.25, -0.2) is 0 Å². The molecule has 4 heteroatoms. The Hall–Kier alpha value is -1.22. The second-order valence-corrected chi connectivity index (χ2v) is 3.30. The molecule has 0 aromatic heterocycles. The van der Waals surface area contributed by atoms with Gasteiger partial charge in [-0.3, -0.25) is 4.79 Å². The summed E-state index contributed by atoms with van der Waals surface area (Å²) in [4.78, 5) is 11.1. The van der Waals surface area contributed by atoms with Gasteiger partial charge < -0.3 is 9.84 Å². The summed E-state index contributed by atoms with van der Waals surface area (Å²) in [6.45, 7) is 1.36. The number of hydrogen-bond acceptors (Lipinski definition) is 3. The number of carbonyl (C=O) groups excluding carboxylic acids is 1. The molecule has 14 heavy (non-hydrogen) atoms. The molecule has 0 saturated carbocycles. The predicted molar refractivity (Wildman–Crippen MR) is 53.9 cm³/mol. The number of ketones is 1. The van der Waals surface area contributed by atoms with Crippen molar-refractivity contribution in [2.24, 2.45) is 0 Å². The lowest BCUT2D eigenvalue weighted by Gasteiger charge is -2.12. The summed E-state index contributed by atoms with van der Waals surface area (Å²) in [6.07, 6.45) is 0. The molecule has 0 aliphatic rings. The zero-order valence-electron chi connectivity index (χ0n) is 7.95. The van der Waals surface area contributed by atoms with E-state index in [0.29, 0.717) is 11.3 Å². The van der Waals surface area contributed by atoms with Crippen molar-refractivity contribution >= 4 is 17.4 Å². The Morgan fingerprint density at radius 1 is 1.57 bits per heavy atom. The first-order valence-electron chi connectivity index (χ1n) is 4.08. The molecule has 1 rings (SSSR count). The van der Waals surface area contributed by atoms with Gasteiger partial charge in [0.05, 0.1) is 12.7 Å². The van der Waals surface area contributed by atoms with Crippen LogP contribution in [0.1, 0.15) is 17.9 Å². The molecule has 0 fully saturated rings. The standard InChI is InChI=1S/C10H11ClO3/c1-6(12)10(11)9-7(13)4-3-5-8(9)14-2/h3-5,10,13H,1-2H3. The van der Waals surface area contributed by atoms with Crippen LogP contribution in [0, 0.1) is 0 Å². The third kappa shape index (κ3) is 1.99. The molecule has 76 valence electrons. The number of aromatic hydroxyl groups is 1. The van der Waals surface area contributed by atoms with Crippen LogP contribution in [-0.4, -0.2) is 18.0 Å². The summed E-state index contributed by atoms with van der Waals surface area (Å²) in [5.41, 5.74) is 0.323. The van der Waals surface area contributed by atoms with Crippen molar-refractivity contribution in [1.29, 1.82) is 0 Å². The number of benzene rings is 1. The van der Waals surface area contributed by atoms with Crippen LogP contribution in [-0.2, 0) is 4.79 Å².